The van der Waals surface area contributed by atoms with Gasteiger partial charge in [-0.2, -0.15) is 0 Å². The number of amides is 3. The quantitative estimate of drug-likeness (QED) is 0.739. The summed E-state index contributed by atoms with van der Waals surface area (Å²) >= 11 is 0. The molecule has 3 rings (SSSR count). The van der Waals surface area contributed by atoms with Gasteiger partial charge in [0.25, 0.3) is 5.91 Å². The minimum absolute atomic E-state index is 0.0703. The van der Waals surface area contributed by atoms with Crippen LogP contribution in [0.25, 0.3) is 0 Å². The summed E-state index contributed by atoms with van der Waals surface area (Å²) in [7, 11) is 0. The van der Waals surface area contributed by atoms with E-state index in [4.69, 9.17) is 5.73 Å². The smallest absolute Gasteiger partial charge is 0.321 e. The first kappa shape index (κ1) is 17.8. The molecule has 0 spiro atoms. The van der Waals surface area contributed by atoms with Crippen LogP contribution in [0.1, 0.15) is 34.3 Å². The van der Waals surface area contributed by atoms with Gasteiger partial charge < -0.3 is 21.3 Å². The molecule has 6 nitrogen and oxygen atoms in total. The second-order valence-corrected chi connectivity index (χ2v) is 6.58. The number of nitrogens with zero attached hydrogens (tertiary/aromatic N) is 1. The Morgan fingerprint density at radius 3 is 2.65 bits per heavy atom. The maximum absolute atomic E-state index is 12.4. The second kappa shape index (κ2) is 7.91. The van der Waals surface area contributed by atoms with Crippen LogP contribution < -0.4 is 16.4 Å². The molecule has 1 aliphatic rings. The highest BCUT2D eigenvalue weighted by Crippen LogP contribution is 2.15. The summed E-state index contributed by atoms with van der Waals surface area (Å²) in [6, 6.07) is 12.7. The van der Waals surface area contributed by atoms with Crippen LogP contribution in [0.2, 0.25) is 0 Å². The van der Waals surface area contributed by atoms with Gasteiger partial charge in [0.1, 0.15) is 0 Å². The van der Waals surface area contributed by atoms with Crippen LogP contribution in [0.4, 0.5) is 16.2 Å². The maximum atomic E-state index is 12.4. The number of urea groups is 1. The number of nitrogen functional groups attached to an aromatic ring is 1. The van der Waals surface area contributed by atoms with Gasteiger partial charge in [-0.3, -0.25) is 4.79 Å². The molecule has 3 amide bonds. The van der Waals surface area contributed by atoms with E-state index < -0.39 is 0 Å². The normalized spacial score (nSPS) is 13.5. The lowest BCUT2D eigenvalue weighted by Gasteiger charge is -2.16. The Morgan fingerprint density at radius 2 is 1.88 bits per heavy atom. The molecular weight excluding hydrogens is 328 g/mol. The number of carbonyl (C=O) groups is 2. The van der Waals surface area contributed by atoms with Crippen LogP contribution in [0, 0.1) is 6.92 Å². The van der Waals surface area contributed by atoms with Crippen molar-refractivity contribution in [3.63, 3.8) is 0 Å². The molecule has 0 radical (unpaired) electrons. The molecule has 6 heteroatoms. The number of carbonyl (C=O) groups excluding carboxylic acids is 2. The van der Waals surface area contributed by atoms with E-state index in [9.17, 15) is 9.59 Å². The highest BCUT2D eigenvalue weighted by atomic mass is 16.2. The Kier molecular flexibility index (Phi) is 5.41. The molecule has 0 unspecified atom stereocenters. The topological polar surface area (TPSA) is 87.5 Å². The van der Waals surface area contributed by atoms with Gasteiger partial charge in [0.05, 0.1) is 0 Å². The van der Waals surface area contributed by atoms with Gasteiger partial charge in [-0.1, -0.05) is 18.2 Å². The van der Waals surface area contributed by atoms with Gasteiger partial charge in [-0.25, -0.2) is 4.79 Å². The standard InChI is InChI=1S/C20H24N4O2/c1-14-7-8-16(21)12-18(14)19(25)22-13-15-5-4-6-17(11-15)23-20(26)24-9-2-3-10-24/h4-8,11-12H,2-3,9-10,13,21H2,1H3,(H,22,25)(H,23,26). The van der Waals surface area contributed by atoms with Crippen molar-refractivity contribution in [3.8, 4) is 0 Å². The van der Waals surface area contributed by atoms with E-state index in [1.165, 1.54) is 0 Å². The third-order valence-corrected chi connectivity index (χ3v) is 4.53. The lowest BCUT2D eigenvalue weighted by atomic mass is 10.1. The number of likely N-dealkylation sites (tertiary alicyclic amines) is 1. The van der Waals surface area contributed by atoms with E-state index in [0.717, 1.165) is 42.7 Å². The molecule has 0 aromatic heterocycles. The molecule has 4 N–H and O–H groups in total. The third-order valence-electron chi connectivity index (χ3n) is 4.53. The van der Waals surface area contributed by atoms with Crippen LogP contribution in [-0.2, 0) is 6.54 Å². The number of nitrogens with one attached hydrogen (secondary N) is 2. The minimum atomic E-state index is -0.165. The zero-order valence-electron chi connectivity index (χ0n) is 14.9. The molecule has 1 fully saturated rings. The molecule has 1 heterocycles. The van der Waals surface area contributed by atoms with Gasteiger partial charge in [0, 0.05) is 36.6 Å². The number of benzene rings is 2. The first-order chi connectivity index (χ1) is 12.5. The predicted octanol–water partition coefficient (Wildman–Crippen LogP) is 3.13. The molecule has 136 valence electrons. The molecule has 2 aromatic rings. The summed E-state index contributed by atoms with van der Waals surface area (Å²) in [5, 5.41) is 5.82. The minimum Gasteiger partial charge on any atom is -0.399 e. The van der Waals surface area contributed by atoms with Crippen LogP contribution >= 0.6 is 0 Å². The van der Waals surface area contributed by atoms with Gasteiger partial charge >= 0.3 is 6.03 Å². The van der Waals surface area contributed by atoms with Crippen LogP contribution in [0.15, 0.2) is 42.5 Å². The SMILES string of the molecule is Cc1ccc(N)cc1C(=O)NCc1cccc(NC(=O)N2CCCC2)c1. The Labute approximate surface area is 153 Å². The van der Waals surface area contributed by atoms with Crippen molar-refractivity contribution in [3.05, 3.63) is 59.2 Å². The molecule has 0 saturated carbocycles. The maximum Gasteiger partial charge on any atom is 0.321 e. The fourth-order valence-corrected chi connectivity index (χ4v) is 3.04. The summed E-state index contributed by atoms with van der Waals surface area (Å²) in [4.78, 5) is 26.4. The van der Waals surface area contributed by atoms with Crippen molar-refractivity contribution in [2.45, 2.75) is 26.3 Å². The number of anilines is 2. The molecule has 2 aromatic carbocycles. The summed E-state index contributed by atoms with van der Waals surface area (Å²) < 4.78 is 0. The lowest BCUT2D eigenvalue weighted by molar-refractivity contribution is 0.0950. The lowest BCUT2D eigenvalue weighted by Crippen LogP contribution is -2.32. The van der Waals surface area contributed by atoms with Crippen molar-refractivity contribution < 1.29 is 9.59 Å². The molecule has 1 saturated heterocycles. The predicted molar refractivity (Wildman–Crippen MR) is 103 cm³/mol. The van der Waals surface area contributed by atoms with E-state index in [1.54, 1.807) is 12.1 Å². The second-order valence-electron chi connectivity index (χ2n) is 6.58. The van der Waals surface area contributed by atoms with Crippen LogP contribution in [0.3, 0.4) is 0 Å². The summed E-state index contributed by atoms with van der Waals surface area (Å²) in [6.45, 7) is 3.87. The highest BCUT2D eigenvalue weighted by Gasteiger charge is 2.17. The number of nitrogens with two attached hydrogens (primary N) is 1. The van der Waals surface area contributed by atoms with Gasteiger partial charge in [-0.15, -0.1) is 0 Å². The Balaban J connectivity index is 1.60. The highest BCUT2D eigenvalue weighted by molar-refractivity contribution is 5.96. The summed E-state index contributed by atoms with van der Waals surface area (Å²) in [5.41, 5.74) is 9.43. The van der Waals surface area contributed by atoms with E-state index >= 15 is 0 Å². The third kappa shape index (κ3) is 4.33. The fourth-order valence-electron chi connectivity index (χ4n) is 3.04. The van der Waals surface area contributed by atoms with Crippen molar-refractivity contribution in [2.24, 2.45) is 0 Å². The first-order valence-electron chi connectivity index (χ1n) is 8.82. The molecule has 0 aliphatic carbocycles. The summed E-state index contributed by atoms with van der Waals surface area (Å²) in [5.74, 6) is -0.165. The van der Waals surface area contributed by atoms with Gasteiger partial charge in [0.15, 0.2) is 0 Å². The van der Waals surface area contributed by atoms with Gasteiger partial charge in [0.2, 0.25) is 0 Å². The van der Waals surface area contributed by atoms with Crippen LogP contribution in [0.5, 0.6) is 0 Å². The van der Waals surface area contributed by atoms with Crippen molar-refractivity contribution in [1.82, 2.24) is 10.2 Å². The first-order valence-corrected chi connectivity index (χ1v) is 8.82. The largest absolute Gasteiger partial charge is 0.399 e. The van der Waals surface area contributed by atoms with E-state index in [1.807, 2.05) is 42.2 Å². The molecule has 26 heavy (non-hydrogen) atoms. The molecule has 0 atom stereocenters. The average molecular weight is 352 g/mol. The zero-order valence-corrected chi connectivity index (χ0v) is 14.9. The molecule has 1 aliphatic heterocycles. The fraction of sp³-hybridized carbons (Fsp3) is 0.300. The molecular formula is C20H24N4O2. The van der Waals surface area contributed by atoms with Crippen LogP contribution in [-0.4, -0.2) is 29.9 Å². The number of hydrogen-bond acceptors (Lipinski definition) is 3. The number of aryl methyl sites for hydroxylation is 1. The van der Waals surface area contributed by atoms with Crippen molar-refractivity contribution in [1.29, 1.82) is 0 Å². The molecule has 0 bridgehead atoms. The Hall–Kier alpha value is -3.02. The number of hydrogen-bond donors (Lipinski definition) is 3. The van der Waals surface area contributed by atoms with Crippen molar-refractivity contribution in [2.75, 3.05) is 24.1 Å². The van der Waals surface area contributed by atoms with E-state index in [2.05, 4.69) is 10.6 Å². The van der Waals surface area contributed by atoms with Gasteiger partial charge in [-0.05, 0) is 55.2 Å². The average Bonchev–Trinajstić information content (AvgIpc) is 3.17. The zero-order chi connectivity index (χ0) is 18.5. The number of rotatable bonds is 4. The Bertz CT molecular complexity index is 813. The Morgan fingerprint density at radius 1 is 1.12 bits per heavy atom. The monoisotopic (exact) mass is 352 g/mol. The van der Waals surface area contributed by atoms with E-state index in [-0.39, 0.29) is 11.9 Å². The van der Waals surface area contributed by atoms with Crippen molar-refractivity contribution >= 4 is 23.3 Å². The summed E-state index contributed by atoms with van der Waals surface area (Å²) in [6.07, 6.45) is 2.12. The van der Waals surface area contributed by atoms with E-state index in [0.29, 0.717) is 17.8 Å².